The summed E-state index contributed by atoms with van der Waals surface area (Å²) in [6.45, 7) is 8.35. The Morgan fingerprint density at radius 3 is 2.25 bits per heavy atom. The maximum atomic E-state index is 12.7. The van der Waals surface area contributed by atoms with Crippen molar-refractivity contribution in [3.63, 3.8) is 0 Å². The van der Waals surface area contributed by atoms with Crippen LogP contribution in [-0.2, 0) is 9.59 Å². The molecule has 2 atom stereocenters. The number of rotatable bonds is 10. The van der Waals surface area contributed by atoms with Gasteiger partial charge < -0.3 is 35.6 Å². The number of piperidine rings is 4. The van der Waals surface area contributed by atoms with Gasteiger partial charge in [-0.3, -0.25) is 19.7 Å². The highest BCUT2D eigenvalue weighted by molar-refractivity contribution is 6.01. The SMILES string of the molecule is CN1CCN(C2CCCN(c3cnc(C(N)=O)c(Nc4ccc(C5CCN(CC6CCN(c7ccc(C8CCC(=O)NC8=O)cc7)CC6)CC5)cc4)n3)C2)C1=O. The van der Waals surface area contributed by atoms with Crippen LogP contribution in [0, 0.1) is 5.92 Å². The van der Waals surface area contributed by atoms with E-state index < -0.39 is 5.91 Å². The minimum Gasteiger partial charge on any atom is -0.372 e. The number of likely N-dealkylation sites (tertiary alicyclic amines) is 1. The Morgan fingerprint density at radius 1 is 0.839 bits per heavy atom. The number of aromatic nitrogens is 2. The maximum absolute atomic E-state index is 12.7. The van der Waals surface area contributed by atoms with E-state index in [1.807, 2.05) is 36.2 Å². The van der Waals surface area contributed by atoms with E-state index in [1.165, 1.54) is 24.1 Å². The highest BCUT2D eigenvalue weighted by atomic mass is 16.2. The largest absolute Gasteiger partial charge is 0.372 e. The molecule has 5 amide bonds. The molecule has 296 valence electrons. The van der Waals surface area contributed by atoms with E-state index in [2.05, 4.69) is 54.6 Å². The molecule has 8 rings (SSSR count). The van der Waals surface area contributed by atoms with Crippen LogP contribution < -0.4 is 26.2 Å². The van der Waals surface area contributed by atoms with Gasteiger partial charge in [0.05, 0.1) is 18.2 Å². The second kappa shape index (κ2) is 16.5. The minimum absolute atomic E-state index is 0.0753. The number of nitrogens with two attached hydrogens (primary N) is 1. The lowest BCUT2D eigenvalue weighted by molar-refractivity contribution is -0.134. The molecule has 56 heavy (non-hydrogen) atoms. The molecule has 5 saturated heterocycles. The zero-order valence-corrected chi connectivity index (χ0v) is 32.4. The molecular weight excluding hydrogens is 709 g/mol. The first kappa shape index (κ1) is 37.7. The van der Waals surface area contributed by atoms with Crippen molar-refractivity contribution in [1.29, 1.82) is 0 Å². The van der Waals surface area contributed by atoms with Gasteiger partial charge in [0.15, 0.2) is 11.5 Å². The third-order valence-corrected chi connectivity index (χ3v) is 12.7. The minimum atomic E-state index is -0.638. The van der Waals surface area contributed by atoms with E-state index in [0.717, 1.165) is 89.3 Å². The summed E-state index contributed by atoms with van der Waals surface area (Å²) in [5.74, 6) is 0.946. The first-order valence-corrected chi connectivity index (χ1v) is 20.4. The van der Waals surface area contributed by atoms with Crippen LogP contribution in [0.2, 0.25) is 0 Å². The highest BCUT2D eigenvalue weighted by Gasteiger charge is 2.35. The van der Waals surface area contributed by atoms with E-state index >= 15 is 0 Å². The van der Waals surface area contributed by atoms with Crippen LogP contribution in [0.15, 0.2) is 54.7 Å². The molecule has 5 fully saturated rings. The van der Waals surface area contributed by atoms with Crippen LogP contribution in [0.4, 0.5) is 27.8 Å². The molecule has 14 heteroatoms. The van der Waals surface area contributed by atoms with Gasteiger partial charge in [0.2, 0.25) is 11.8 Å². The number of carbonyl (C=O) groups is 4. The van der Waals surface area contributed by atoms with Crippen LogP contribution in [0.1, 0.15) is 84.8 Å². The van der Waals surface area contributed by atoms with Crippen LogP contribution >= 0.6 is 0 Å². The number of likely N-dealkylation sites (N-methyl/N-ethyl adjacent to an activating group) is 1. The van der Waals surface area contributed by atoms with Gasteiger partial charge in [0, 0.05) is 70.7 Å². The van der Waals surface area contributed by atoms with Gasteiger partial charge in [-0.25, -0.2) is 14.8 Å². The number of amides is 5. The molecule has 6 heterocycles. The summed E-state index contributed by atoms with van der Waals surface area (Å²) < 4.78 is 0. The average Bonchev–Trinajstić information content (AvgIpc) is 3.56. The molecule has 4 N–H and O–H groups in total. The number of urea groups is 1. The lowest BCUT2D eigenvalue weighted by atomic mass is 9.88. The summed E-state index contributed by atoms with van der Waals surface area (Å²) in [5.41, 5.74) is 10.1. The monoisotopic (exact) mass is 762 g/mol. The molecule has 2 aromatic carbocycles. The average molecular weight is 763 g/mol. The topological polar surface area (TPSA) is 160 Å². The lowest BCUT2D eigenvalue weighted by Crippen LogP contribution is -2.49. The van der Waals surface area contributed by atoms with E-state index in [4.69, 9.17) is 10.7 Å². The fourth-order valence-corrected chi connectivity index (χ4v) is 9.32. The van der Waals surface area contributed by atoms with E-state index in [0.29, 0.717) is 42.9 Å². The number of benzene rings is 2. The normalized spacial score (nSPS) is 23.1. The van der Waals surface area contributed by atoms with Crippen molar-refractivity contribution < 1.29 is 19.2 Å². The molecule has 0 spiro atoms. The second-order valence-corrected chi connectivity index (χ2v) is 16.3. The number of nitrogens with zero attached hydrogens (tertiary/aromatic N) is 7. The van der Waals surface area contributed by atoms with Gasteiger partial charge in [-0.1, -0.05) is 24.3 Å². The Labute approximate surface area is 328 Å². The Kier molecular flexibility index (Phi) is 11.1. The summed E-state index contributed by atoms with van der Waals surface area (Å²) in [6, 6.07) is 17.0. The first-order valence-electron chi connectivity index (χ1n) is 20.4. The van der Waals surface area contributed by atoms with Crippen LogP contribution in [0.25, 0.3) is 0 Å². The fourth-order valence-electron chi connectivity index (χ4n) is 9.32. The lowest BCUT2D eigenvalue weighted by Gasteiger charge is -2.38. The molecule has 1 aromatic heterocycles. The molecule has 0 aliphatic carbocycles. The number of hydrogen-bond acceptors (Lipinski definition) is 10. The summed E-state index contributed by atoms with van der Waals surface area (Å²) >= 11 is 0. The summed E-state index contributed by atoms with van der Waals surface area (Å²) in [6.07, 6.45) is 9.06. The molecule has 14 nitrogen and oxygen atoms in total. The van der Waals surface area contributed by atoms with Crippen molar-refractivity contribution in [2.24, 2.45) is 11.7 Å². The summed E-state index contributed by atoms with van der Waals surface area (Å²) in [4.78, 5) is 69.1. The zero-order valence-electron chi connectivity index (χ0n) is 32.4. The maximum Gasteiger partial charge on any atom is 0.320 e. The van der Waals surface area contributed by atoms with Crippen LogP contribution in [0.3, 0.4) is 0 Å². The van der Waals surface area contributed by atoms with E-state index in [1.54, 1.807) is 11.1 Å². The standard InChI is InChI=1S/C42H54N10O4/c1-48-23-24-52(42(48)56)34-3-2-18-51(27-34)36-25-44-38(39(43)54)40(46-36)45-32-8-4-29(5-9-32)30-16-19-49(20-17-30)26-28-14-21-50(22-15-28)33-10-6-31(7-11-33)35-12-13-37(53)47-41(35)55/h4-11,25,28,30,34-35H,2-3,12-24,26-27H2,1H3,(H2,43,54)(H,45,46)(H,47,53,55). The summed E-state index contributed by atoms with van der Waals surface area (Å²) in [7, 11) is 1.84. The zero-order chi connectivity index (χ0) is 38.8. The molecule has 0 saturated carbocycles. The molecule has 2 unspecified atom stereocenters. The second-order valence-electron chi connectivity index (χ2n) is 16.3. The van der Waals surface area contributed by atoms with Crippen molar-refractivity contribution in [3.05, 3.63) is 71.5 Å². The molecule has 0 bridgehead atoms. The van der Waals surface area contributed by atoms with Crippen LogP contribution in [-0.4, -0.2) is 120 Å². The summed E-state index contributed by atoms with van der Waals surface area (Å²) in [5, 5.41) is 5.79. The van der Waals surface area contributed by atoms with E-state index in [-0.39, 0.29) is 35.5 Å². The van der Waals surface area contributed by atoms with Gasteiger partial charge in [-0.05, 0) is 105 Å². The van der Waals surface area contributed by atoms with Crippen molar-refractivity contribution in [3.8, 4) is 0 Å². The molecule has 0 radical (unpaired) electrons. The van der Waals surface area contributed by atoms with E-state index in [9.17, 15) is 19.2 Å². The highest BCUT2D eigenvalue weighted by Crippen LogP contribution is 2.33. The smallest absolute Gasteiger partial charge is 0.320 e. The molecular formula is C42H54N10O4. The number of hydrogen-bond donors (Lipinski definition) is 3. The predicted octanol–water partition coefficient (Wildman–Crippen LogP) is 4.27. The Bertz CT molecular complexity index is 1910. The molecule has 3 aromatic rings. The fraction of sp³-hybridized carbons (Fsp3) is 0.524. The predicted molar refractivity (Wildman–Crippen MR) is 215 cm³/mol. The Balaban J connectivity index is 0.807. The third-order valence-electron chi connectivity index (χ3n) is 12.7. The van der Waals surface area contributed by atoms with Gasteiger partial charge in [-0.2, -0.15) is 0 Å². The van der Waals surface area contributed by atoms with Gasteiger partial charge >= 0.3 is 6.03 Å². The van der Waals surface area contributed by atoms with Crippen molar-refractivity contribution in [2.75, 3.05) is 81.1 Å². The number of nitrogens with one attached hydrogen (secondary N) is 2. The Morgan fingerprint density at radius 2 is 1.57 bits per heavy atom. The third kappa shape index (κ3) is 8.30. The van der Waals surface area contributed by atoms with Gasteiger partial charge in [0.25, 0.3) is 5.91 Å². The van der Waals surface area contributed by atoms with Gasteiger partial charge in [0.1, 0.15) is 5.82 Å². The number of anilines is 4. The molecule has 5 aliphatic rings. The van der Waals surface area contributed by atoms with Crippen molar-refractivity contribution >= 4 is 46.8 Å². The van der Waals surface area contributed by atoms with Crippen LogP contribution in [0.5, 0.6) is 0 Å². The Hall–Kier alpha value is -5.24. The van der Waals surface area contributed by atoms with Gasteiger partial charge in [-0.15, -0.1) is 0 Å². The molecule has 5 aliphatic heterocycles. The quantitative estimate of drug-likeness (QED) is 0.255. The number of imide groups is 1. The van der Waals surface area contributed by atoms with Crippen molar-refractivity contribution in [2.45, 2.75) is 69.2 Å². The number of primary amides is 1. The van der Waals surface area contributed by atoms with Crippen molar-refractivity contribution in [1.82, 2.24) is 30.0 Å². The number of carbonyl (C=O) groups excluding carboxylic acids is 4. The first-order chi connectivity index (χ1) is 27.2.